The molecule has 0 aromatic rings. The molecule has 11 heteroatoms. The van der Waals surface area contributed by atoms with E-state index < -0.39 is 67.4 Å². The van der Waals surface area contributed by atoms with Crippen LogP contribution in [0.5, 0.6) is 0 Å². The van der Waals surface area contributed by atoms with Gasteiger partial charge in [0.15, 0.2) is 12.4 Å². The molecule has 83 heavy (non-hydrogen) atoms. The van der Waals surface area contributed by atoms with Gasteiger partial charge in [-0.15, -0.1) is 0 Å². The Morgan fingerprint density at radius 1 is 0.482 bits per heavy atom. The van der Waals surface area contributed by atoms with E-state index in [1.165, 1.54) is 148 Å². The number of amides is 1. The Balaban J connectivity index is 2.62. The van der Waals surface area contributed by atoms with E-state index in [0.29, 0.717) is 19.3 Å². The Kier molecular flexibility index (Phi) is 55.1. The third kappa shape index (κ3) is 46.5. The molecule has 478 valence electrons. The predicted molar refractivity (Wildman–Crippen MR) is 347 cm³/mol. The first-order valence-electron chi connectivity index (χ1n) is 34.0. The zero-order chi connectivity index (χ0) is 60.3. The third-order valence-corrected chi connectivity index (χ3v) is 15.5. The average Bonchev–Trinajstić information content (AvgIpc) is 3.61. The molecule has 8 unspecified atom stereocenters. The molecule has 11 nitrogen and oxygen atoms in total. The molecule has 0 aromatic heterocycles. The van der Waals surface area contributed by atoms with Crippen LogP contribution in [0.3, 0.4) is 0 Å². The molecule has 1 rings (SSSR count). The lowest BCUT2D eigenvalue weighted by Crippen LogP contribution is -2.61. The maximum atomic E-state index is 13.4. The summed E-state index contributed by atoms with van der Waals surface area (Å²) in [6, 6.07) is -1.05. The zero-order valence-corrected chi connectivity index (χ0v) is 53.0. The molecule has 1 aliphatic heterocycles. The molecule has 8 atom stereocenters. The number of allylic oxidation sites excluding steroid dienone is 15. The monoisotopic (exact) mass is 1160 g/mol. The fourth-order valence-electron chi connectivity index (χ4n) is 10.1. The number of aliphatic hydroxyl groups is 5. The highest BCUT2D eigenvalue weighted by molar-refractivity contribution is 5.80. The van der Waals surface area contributed by atoms with Gasteiger partial charge in [-0.25, -0.2) is 0 Å². The Bertz CT molecular complexity index is 1720. The minimum absolute atomic E-state index is 0.115. The van der Waals surface area contributed by atoms with Crippen molar-refractivity contribution >= 4 is 11.9 Å². The SMILES string of the molecule is CC/C=C\C/C=C\C/C=C\C/C=C\C/C=C\C/C=C\CCCC(O)C(=O)NC(COC1OC(CO)C(O)C(O)C1OC(=O)CCCCCCCCCCCCCCC/C=C/CCCCCCCC)C(O)/C=C/CCCCCCCCCCC. The van der Waals surface area contributed by atoms with Gasteiger partial charge in [0.2, 0.25) is 5.91 Å². The van der Waals surface area contributed by atoms with Gasteiger partial charge in [0, 0.05) is 6.42 Å². The third-order valence-electron chi connectivity index (χ3n) is 15.5. The first-order chi connectivity index (χ1) is 40.7. The first kappa shape index (κ1) is 77.6. The van der Waals surface area contributed by atoms with Crippen molar-refractivity contribution in [2.24, 2.45) is 0 Å². The summed E-state index contributed by atoms with van der Waals surface area (Å²) < 4.78 is 17.6. The summed E-state index contributed by atoms with van der Waals surface area (Å²) in [6.07, 6.45) is 68.8. The fraction of sp³-hybridized carbons (Fsp3) is 0.750. The van der Waals surface area contributed by atoms with Crippen LogP contribution in [0.2, 0.25) is 0 Å². The summed E-state index contributed by atoms with van der Waals surface area (Å²) in [5, 5.41) is 57.1. The Morgan fingerprint density at radius 2 is 0.867 bits per heavy atom. The number of rotatable bonds is 57. The van der Waals surface area contributed by atoms with Crippen LogP contribution in [0, 0.1) is 0 Å². The van der Waals surface area contributed by atoms with E-state index in [1.807, 2.05) is 12.2 Å². The van der Waals surface area contributed by atoms with Crippen LogP contribution in [0.25, 0.3) is 0 Å². The van der Waals surface area contributed by atoms with Gasteiger partial charge in [0.05, 0.1) is 25.4 Å². The van der Waals surface area contributed by atoms with Crippen LogP contribution in [-0.4, -0.2) is 99.6 Å². The average molecular weight is 1160 g/mol. The van der Waals surface area contributed by atoms with Crippen molar-refractivity contribution in [3.8, 4) is 0 Å². The summed E-state index contributed by atoms with van der Waals surface area (Å²) in [6.45, 7) is 5.65. The number of hydrogen-bond donors (Lipinski definition) is 6. The Labute approximate surface area is 507 Å². The molecular weight excluding hydrogens is 1040 g/mol. The highest BCUT2D eigenvalue weighted by atomic mass is 16.7. The highest BCUT2D eigenvalue weighted by Gasteiger charge is 2.47. The first-order valence-corrected chi connectivity index (χ1v) is 34.0. The van der Waals surface area contributed by atoms with E-state index in [1.54, 1.807) is 6.08 Å². The molecule has 1 heterocycles. The Morgan fingerprint density at radius 3 is 1.31 bits per heavy atom. The summed E-state index contributed by atoms with van der Waals surface area (Å²) in [4.78, 5) is 26.6. The van der Waals surface area contributed by atoms with Gasteiger partial charge in [-0.3, -0.25) is 9.59 Å². The largest absolute Gasteiger partial charge is 0.454 e. The van der Waals surface area contributed by atoms with Crippen LogP contribution >= 0.6 is 0 Å². The molecule has 0 saturated carbocycles. The number of esters is 1. The Hall–Kier alpha value is -3.42. The second kappa shape index (κ2) is 58.9. The summed E-state index contributed by atoms with van der Waals surface area (Å²) in [7, 11) is 0. The van der Waals surface area contributed by atoms with Crippen molar-refractivity contribution < 1.29 is 49.3 Å². The maximum Gasteiger partial charge on any atom is 0.306 e. The van der Waals surface area contributed by atoms with Crippen molar-refractivity contribution in [1.82, 2.24) is 5.32 Å². The van der Waals surface area contributed by atoms with E-state index in [9.17, 15) is 35.1 Å². The van der Waals surface area contributed by atoms with Gasteiger partial charge < -0.3 is 45.1 Å². The van der Waals surface area contributed by atoms with Gasteiger partial charge in [0.1, 0.15) is 24.4 Å². The molecule has 0 aliphatic carbocycles. The summed E-state index contributed by atoms with van der Waals surface area (Å²) >= 11 is 0. The quantitative estimate of drug-likeness (QED) is 0.0195. The molecule has 0 bridgehead atoms. The standard InChI is InChI=1S/C72H125NO10/c1-4-7-10-13-16-19-22-24-26-28-30-32-33-34-36-38-40-42-45-48-51-54-57-60-67(77)83-70-69(79)68(78)66(61-74)82-72(70)81-62-63(64(75)58-55-52-49-46-43-21-18-15-12-9-6-3)73-71(80)65(76)59-56-53-50-47-44-41-39-37-35-31-29-27-25-23-20-17-14-11-8-5-2/h8,11,17,20,24-27,31,35,39,41,47,50,55,58,63-66,68-70,72,74-76,78-79H,4-7,9-10,12-16,18-19,21-23,28-30,32-34,36-38,40,42-46,48-49,51-54,56-57,59-62H2,1-3H3,(H,73,80)/b11-8-,20-17-,26-24+,27-25-,35-31-,41-39-,50-47-,58-55+. The smallest absolute Gasteiger partial charge is 0.306 e. The minimum Gasteiger partial charge on any atom is -0.454 e. The molecule has 0 radical (unpaired) electrons. The number of ether oxygens (including phenoxy) is 3. The van der Waals surface area contributed by atoms with Crippen LogP contribution in [-0.2, 0) is 23.8 Å². The number of nitrogens with one attached hydrogen (secondary N) is 1. The molecule has 0 spiro atoms. The highest BCUT2D eigenvalue weighted by Crippen LogP contribution is 2.26. The zero-order valence-electron chi connectivity index (χ0n) is 53.0. The lowest BCUT2D eigenvalue weighted by atomic mass is 9.99. The van der Waals surface area contributed by atoms with Crippen molar-refractivity contribution in [3.63, 3.8) is 0 Å². The van der Waals surface area contributed by atoms with E-state index in [4.69, 9.17) is 14.2 Å². The van der Waals surface area contributed by atoms with Gasteiger partial charge in [0.25, 0.3) is 0 Å². The van der Waals surface area contributed by atoms with Crippen LogP contribution in [0.1, 0.15) is 284 Å². The normalized spacial score (nSPS) is 19.2. The molecule has 1 fully saturated rings. The second-order valence-corrected chi connectivity index (χ2v) is 23.2. The van der Waals surface area contributed by atoms with Crippen LogP contribution in [0.4, 0.5) is 0 Å². The minimum atomic E-state index is -1.63. The number of aliphatic hydroxyl groups excluding tert-OH is 5. The lowest BCUT2D eigenvalue weighted by molar-refractivity contribution is -0.305. The van der Waals surface area contributed by atoms with Gasteiger partial charge in [-0.05, 0) is 103 Å². The van der Waals surface area contributed by atoms with Crippen molar-refractivity contribution in [3.05, 3.63) is 97.2 Å². The molecule has 6 N–H and O–H groups in total. The molecule has 1 saturated heterocycles. The van der Waals surface area contributed by atoms with Crippen molar-refractivity contribution in [1.29, 1.82) is 0 Å². The van der Waals surface area contributed by atoms with Gasteiger partial charge >= 0.3 is 5.97 Å². The summed E-state index contributed by atoms with van der Waals surface area (Å²) in [5.41, 5.74) is 0. The predicted octanol–water partition coefficient (Wildman–Crippen LogP) is 17.1. The van der Waals surface area contributed by atoms with Gasteiger partial charge in [-0.2, -0.15) is 0 Å². The molecule has 0 aromatic carbocycles. The van der Waals surface area contributed by atoms with E-state index in [-0.39, 0.29) is 19.4 Å². The summed E-state index contributed by atoms with van der Waals surface area (Å²) in [5.74, 6) is -1.24. The van der Waals surface area contributed by atoms with Crippen molar-refractivity contribution in [2.75, 3.05) is 13.2 Å². The molecular formula is C72H125NO10. The van der Waals surface area contributed by atoms with E-state index >= 15 is 0 Å². The van der Waals surface area contributed by atoms with Crippen molar-refractivity contribution in [2.45, 2.75) is 333 Å². The van der Waals surface area contributed by atoms with E-state index in [2.05, 4.69) is 105 Å². The number of carbonyl (C=O) groups is 2. The van der Waals surface area contributed by atoms with Crippen LogP contribution < -0.4 is 5.32 Å². The molecule has 1 amide bonds. The maximum absolute atomic E-state index is 13.4. The molecule has 1 aliphatic rings. The number of carbonyl (C=O) groups excluding carboxylic acids is 2. The van der Waals surface area contributed by atoms with Crippen LogP contribution in [0.15, 0.2) is 97.2 Å². The number of hydrogen-bond acceptors (Lipinski definition) is 10. The van der Waals surface area contributed by atoms with Gasteiger partial charge in [-0.1, -0.05) is 272 Å². The lowest BCUT2D eigenvalue weighted by Gasteiger charge is -2.41. The fourth-order valence-corrected chi connectivity index (χ4v) is 10.1. The second-order valence-electron chi connectivity index (χ2n) is 23.2. The topological polar surface area (TPSA) is 175 Å². The number of unbranched alkanes of at least 4 members (excludes halogenated alkanes) is 29. The van der Waals surface area contributed by atoms with E-state index in [0.717, 1.165) is 83.5 Å².